The van der Waals surface area contributed by atoms with Crippen molar-refractivity contribution in [2.45, 2.75) is 45.8 Å². The van der Waals surface area contributed by atoms with Crippen molar-refractivity contribution in [1.82, 2.24) is 10.2 Å². The summed E-state index contributed by atoms with van der Waals surface area (Å²) in [5, 5.41) is 2.98. The van der Waals surface area contributed by atoms with E-state index in [-0.39, 0.29) is 24.3 Å². The first-order chi connectivity index (χ1) is 15.9. The maximum Gasteiger partial charge on any atom is 0.416 e. The van der Waals surface area contributed by atoms with Crippen molar-refractivity contribution in [3.05, 3.63) is 65.7 Å². The second-order valence-corrected chi connectivity index (χ2v) is 9.69. The monoisotopic (exact) mass is 476 g/mol. The van der Waals surface area contributed by atoms with Gasteiger partial charge in [0.1, 0.15) is 5.75 Å². The summed E-state index contributed by atoms with van der Waals surface area (Å²) in [4.78, 5) is 27.2. The minimum atomic E-state index is -4.45. The molecule has 1 aliphatic rings. The number of rotatable bonds is 6. The molecule has 0 radical (unpaired) electrons. The van der Waals surface area contributed by atoms with E-state index >= 15 is 0 Å². The first kappa shape index (κ1) is 25.6. The van der Waals surface area contributed by atoms with Gasteiger partial charge in [0.15, 0.2) is 6.61 Å². The average Bonchev–Trinajstić information content (AvgIpc) is 2.80. The van der Waals surface area contributed by atoms with Crippen LogP contribution in [0.1, 0.15) is 50.8 Å². The standard InChI is InChI=1S/C26H31F3N2O3/c1-25(2,3)23(19-8-7-9-20(16-19)26(27,28)29)30-24(33)18-12-14-31(15-13-18)22(32)17-34-21-10-5-4-6-11-21/h4-11,16,18,23H,12-15,17H2,1-3H3,(H,30,33). The van der Waals surface area contributed by atoms with Crippen LogP contribution in [-0.2, 0) is 15.8 Å². The summed E-state index contributed by atoms with van der Waals surface area (Å²) in [6, 6.07) is 13.6. The SMILES string of the molecule is CC(C)(C)C(NC(=O)C1CCN(C(=O)COc2ccccc2)CC1)c1cccc(C(F)(F)F)c1. The Morgan fingerprint density at radius 1 is 1.03 bits per heavy atom. The zero-order valence-electron chi connectivity index (χ0n) is 19.7. The van der Waals surface area contributed by atoms with Crippen molar-refractivity contribution in [1.29, 1.82) is 0 Å². The van der Waals surface area contributed by atoms with Gasteiger partial charge >= 0.3 is 6.18 Å². The van der Waals surface area contributed by atoms with Gasteiger partial charge in [-0.15, -0.1) is 0 Å². The van der Waals surface area contributed by atoms with Crippen LogP contribution in [0, 0.1) is 11.3 Å². The highest BCUT2D eigenvalue weighted by atomic mass is 19.4. The van der Waals surface area contributed by atoms with E-state index in [1.165, 1.54) is 6.07 Å². The van der Waals surface area contributed by atoms with Gasteiger partial charge in [0.05, 0.1) is 11.6 Å². The normalized spacial score (nSPS) is 16.1. The fraction of sp³-hybridized carbons (Fsp3) is 0.462. The van der Waals surface area contributed by atoms with E-state index in [1.54, 1.807) is 23.1 Å². The lowest BCUT2D eigenvalue weighted by atomic mass is 9.81. The second-order valence-electron chi connectivity index (χ2n) is 9.69. The number of amides is 2. The maximum absolute atomic E-state index is 13.2. The zero-order valence-corrected chi connectivity index (χ0v) is 19.7. The van der Waals surface area contributed by atoms with Crippen molar-refractivity contribution in [2.24, 2.45) is 11.3 Å². The molecule has 184 valence electrons. The Morgan fingerprint density at radius 3 is 2.26 bits per heavy atom. The van der Waals surface area contributed by atoms with E-state index < -0.39 is 23.2 Å². The smallest absolute Gasteiger partial charge is 0.416 e. The largest absolute Gasteiger partial charge is 0.484 e. The van der Waals surface area contributed by atoms with E-state index in [2.05, 4.69) is 5.32 Å². The van der Waals surface area contributed by atoms with E-state index in [9.17, 15) is 22.8 Å². The van der Waals surface area contributed by atoms with Gasteiger partial charge in [-0.3, -0.25) is 9.59 Å². The highest BCUT2D eigenvalue weighted by Crippen LogP contribution is 2.37. The molecule has 1 heterocycles. The van der Waals surface area contributed by atoms with Crippen LogP contribution in [0.2, 0.25) is 0 Å². The van der Waals surface area contributed by atoms with Gasteiger partial charge in [-0.1, -0.05) is 51.1 Å². The number of nitrogens with one attached hydrogen (secondary N) is 1. The predicted octanol–water partition coefficient (Wildman–Crippen LogP) is 5.23. The van der Waals surface area contributed by atoms with Crippen LogP contribution in [-0.4, -0.2) is 36.4 Å². The Labute approximate surface area is 198 Å². The summed E-state index contributed by atoms with van der Waals surface area (Å²) in [5.74, 6) is -0.0353. The molecule has 2 aromatic rings. The number of carbonyl (C=O) groups is 2. The molecular weight excluding hydrogens is 445 g/mol. The molecule has 1 atom stereocenters. The quantitative estimate of drug-likeness (QED) is 0.622. The molecule has 1 unspecified atom stereocenters. The summed E-state index contributed by atoms with van der Waals surface area (Å²) in [6.07, 6.45) is -3.48. The molecule has 2 amide bonds. The van der Waals surface area contributed by atoms with E-state index in [4.69, 9.17) is 4.74 Å². The van der Waals surface area contributed by atoms with Gasteiger partial charge < -0.3 is 15.0 Å². The topological polar surface area (TPSA) is 58.6 Å². The van der Waals surface area contributed by atoms with E-state index in [0.29, 0.717) is 37.2 Å². The van der Waals surface area contributed by atoms with Crippen molar-refractivity contribution < 1.29 is 27.5 Å². The van der Waals surface area contributed by atoms with Crippen LogP contribution < -0.4 is 10.1 Å². The molecule has 34 heavy (non-hydrogen) atoms. The zero-order chi connectivity index (χ0) is 24.9. The lowest BCUT2D eigenvalue weighted by Gasteiger charge is -2.36. The Hall–Kier alpha value is -3.03. The summed E-state index contributed by atoms with van der Waals surface area (Å²) in [7, 11) is 0. The molecular formula is C26H31F3N2O3. The van der Waals surface area contributed by atoms with Gasteiger partial charge in [0, 0.05) is 19.0 Å². The lowest BCUT2D eigenvalue weighted by molar-refractivity contribution is -0.138. The first-order valence-electron chi connectivity index (χ1n) is 11.4. The number of nitrogens with zero attached hydrogens (tertiary/aromatic N) is 1. The van der Waals surface area contributed by atoms with Gasteiger partial charge in [0.2, 0.25) is 5.91 Å². The van der Waals surface area contributed by atoms with Crippen LogP contribution in [0.3, 0.4) is 0 Å². The number of piperidine rings is 1. The molecule has 0 spiro atoms. The summed E-state index contributed by atoms with van der Waals surface area (Å²) in [5.41, 5.74) is -0.815. The number of benzene rings is 2. The number of hydrogen-bond acceptors (Lipinski definition) is 3. The second kappa shape index (κ2) is 10.5. The third-order valence-corrected chi connectivity index (χ3v) is 6.02. The summed E-state index contributed by atoms with van der Waals surface area (Å²) >= 11 is 0. The molecule has 1 aliphatic heterocycles. The minimum absolute atomic E-state index is 0.0669. The molecule has 1 saturated heterocycles. The molecule has 2 aromatic carbocycles. The van der Waals surface area contributed by atoms with Crippen LogP contribution in [0.5, 0.6) is 5.75 Å². The van der Waals surface area contributed by atoms with Gasteiger partial charge in [-0.2, -0.15) is 13.2 Å². The number of carbonyl (C=O) groups excluding carboxylic acids is 2. The van der Waals surface area contributed by atoms with Crippen molar-refractivity contribution in [3.8, 4) is 5.75 Å². The number of likely N-dealkylation sites (tertiary alicyclic amines) is 1. The lowest BCUT2D eigenvalue weighted by Crippen LogP contribution is -2.46. The summed E-state index contributed by atoms with van der Waals surface area (Å²) < 4.78 is 45.1. The van der Waals surface area contributed by atoms with Crippen molar-refractivity contribution >= 4 is 11.8 Å². The number of halogens is 3. The Balaban J connectivity index is 1.58. The minimum Gasteiger partial charge on any atom is -0.484 e. The van der Waals surface area contributed by atoms with Crippen LogP contribution >= 0.6 is 0 Å². The number of alkyl halides is 3. The Bertz CT molecular complexity index is 979. The first-order valence-corrected chi connectivity index (χ1v) is 11.4. The molecule has 0 aliphatic carbocycles. The molecule has 0 bridgehead atoms. The Morgan fingerprint density at radius 2 is 1.68 bits per heavy atom. The van der Waals surface area contributed by atoms with E-state index in [0.717, 1.165) is 12.1 Å². The van der Waals surface area contributed by atoms with Crippen LogP contribution in [0.4, 0.5) is 13.2 Å². The van der Waals surface area contributed by atoms with Gasteiger partial charge in [-0.25, -0.2) is 0 Å². The highest BCUT2D eigenvalue weighted by Gasteiger charge is 2.35. The maximum atomic E-state index is 13.2. The fourth-order valence-electron chi connectivity index (χ4n) is 4.10. The van der Waals surface area contributed by atoms with Crippen molar-refractivity contribution in [2.75, 3.05) is 19.7 Å². The number of para-hydroxylation sites is 1. The molecule has 1 N–H and O–H groups in total. The Kier molecular flexibility index (Phi) is 7.89. The number of hydrogen-bond donors (Lipinski definition) is 1. The van der Waals surface area contributed by atoms with Gasteiger partial charge in [-0.05, 0) is 48.1 Å². The van der Waals surface area contributed by atoms with Crippen LogP contribution in [0.25, 0.3) is 0 Å². The highest BCUT2D eigenvalue weighted by molar-refractivity contribution is 5.81. The molecule has 8 heteroatoms. The third kappa shape index (κ3) is 6.74. The molecule has 1 fully saturated rings. The molecule has 0 aromatic heterocycles. The molecule has 5 nitrogen and oxygen atoms in total. The number of ether oxygens (including phenoxy) is 1. The third-order valence-electron chi connectivity index (χ3n) is 6.02. The average molecular weight is 477 g/mol. The van der Waals surface area contributed by atoms with Gasteiger partial charge in [0.25, 0.3) is 5.91 Å². The van der Waals surface area contributed by atoms with Crippen molar-refractivity contribution in [3.63, 3.8) is 0 Å². The predicted molar refractivity (Wildman–Crippen MR) is 123 cm³/mol. The van der Waals surface area contributed by atoms with E-state index in [1.807, 2.05) is 39.0 Å². The molecule has 0 saturated carbocycles. The fourth-order valence-corrected chi connectivity index (χ4v) is 4.10. The van der Waals surface area contributed by atoms with Crippen LogP contribution in [0.15, 0.2) is 54.6 Å². The molecule has 3 rings (SSSR count). The summed E-state index contributed by atoms with van der Waals surface area (Å²) in [6.45, 7) is 6.44.